The lowest BCUT2D eigenvalue weighted by Gasteiger charge is -2.18. The third kappa shape index (κ3) is 5.10. The maximum atomic E-state index is 12.1. The largest absolute Gasteiger partial charge is 0.493 e. The minimum Gasteiger partial charge on any atom is -0.493 e. The molecule has 0 aliphatic heterocycles. The summed E-state index contributed by atoms with van der Waals surface area (Å²) in [6.45, 7) is 2.43. The number of hydrogen-bond acceptors (Lipinski definition) is 4. The van der Waals surface area contributed by atoms with Gasteiger partial charge in [0.15, 0.2) is 11.5 Å². The zero-order chi connectivity index (χ0) is 18.9. The number of amides is 1. The Hall–Kier alpha value is -2.79. The van der Waals surface area contributed by atoms with E-state index in [2.05, 4.69) is 5.32 Å². The summed E-state index contributed by atoms with van der Waals surface area (Å²) in [5.41, 5.74) is 3.05. The number of carbonyl (C=O) groups is 1. The summed E-state index contributed by atoms with van der Waals surface area (Å²) >= 11 is 0. The number of methoxy groups -OCH3 is 3. The Morgan fingerprint density at radius 1 is 1.08 bits per heavy atom. The van der Waals surface area contributed by atoms with Crippen molar-refractivity contribution in [2.75, 3.05) is 27.9 Å². The summed E-state index contributed by atoms with van der Waals surface area (Å²) in [5.74, 6) is 1.08. The van der Waals surface area contributed by atoms with E-state index in [1.807, 2.05) is 43.3 Å². The zero-order valence-corrected chi connectivity index (χ0v) is 15.6. The van der Waals surface area contributed by atoms with Gasteiger partial charge in [-0.3, -0.25) is 4.79 Å². The van der Waals surface area contributed by atoms with Gasteiger partial charge in [-0.2, -0.15) is 0 Å². The maximum Gasteiger partial charge on any atom is 0.244 e. The number of ether oxygens (including phenoxy) is 3. The fraction of sp³-hybridized carbons (Fsp3) is 0.286. The summed E-state index contributed by atoms with van der Waals surface area (Å²) in [7, 11) is 4.80. The highest BCUT2D eigenvalue weighted by Crippen LogP contribution is 2.28. The van der Waals surface area contributed by atoms with E-state index in [4.69, 9.17) is 14.2 Å². The predicted molar refractivity (Wildman–Crippen MR) is 103 cm³/mol. The molecule has 0 fully saturated rings. The summed E-state index contributed by atoms with van der Waals surface area (Å²) in [4.78, 5) is 12.1. The molecule has 0 aliphatic carbocycles. The third-order valence-corrected chi connectivity index (χ3v) is 4.12. The van der Waals surface area contributed by atoms with Gasteiger partial charge >= 0.3 is 0 Å². The van der Waals surface area contributed by atoms with Crippen LogP contribution in [0.4, 0.5) is 0 Å². The Kier molecular flexibility index (Phi) is 7.24. The average Bonchev–Trinajstić information content (AvgIpc) is 2.67. The lowest BCUT2D eigenvalue weighted by atomic mass is 10.0. The molecule has 0 spiro atoms. The van der Waals surface area contributed by atoms with E-state index < -0.39 is 0 Å². The molecule has 0 bridgehead atoms. The standard InChI is InChI=1S/C21H25NO4/c1-15-7-5-6-8-17(15)20(26-4)14-22-21(23)12-10-16-9-11-18(24-2)19(13-16)25-3/h5-13,20H,14H2,1-4H3,(H,22,23)/b12-10+. The van der Waals surface area contributed by atoms with E-state index in [0.29, 0.717) is 18.0 Å². The first kappa shape index (κ1) is 19.5. The van der Waals surface area contributed by atoms with Gasteiger partial charge < -0.3 is 19.5 Å². The Balaban J connectivity index is 1.97. The predicted octanol–water partition coefficient (Wildman–Crippen LogP) is 3.53. The normalized spacial score (nSPS) is 12.0. The minimum atomic E-state index is -0.186. The van der Waals surface area contributed by atoms with E-state index in [1.54, 1.807) is 33.5 Å². The van der Waals surface area contributed by atoms with Crippen LogP contribution in [0.5, 0.6) is 11.5 Å². The van der Waals surface area contributed by atoms with E-state index in [1.165, 1.54) is 6.08 Å². The van der Waals surface area contributed by atoms with Gasteiger partial charge in [0.25, 0.3) is 0 Å². The van der Waals surface area contributed by atoms with Crippen LogP contribution in [0.15, 0.2) is 48.5 Å². The van der Waals surface area contributed by atoms with Crippen molar-refractivity contribution in [2.24, 2.45) is 0 Å². The second kappa shape index (κ2) is 9.63. The number of nitrogens with one attached hydrogen (secondary N) is 1. The van der Waals surface area contributed by atoms with Crippen LogP contribution < -0.4 is 14.8 Å². The van der Waals surface area contributed by atoms with Gasteiger partial charge in [-0.1, -0.05) is 30.3 Å². The molecule has 0 radical (unpaired) electrons. The summed E-state index contributed by atoms with van der Waals surface area (Å²) in [5, 5.41) is 2.87. The van der Waals surface area contributed by atoms with Gasteiger partial charge in [0.1, 0.15) is 0 Å². The topological polar surface area (TPSA) is 56.8 Å². The quantitative estimate of drug-likeness (QED) is 0.736. The molecule has 138 valence electrons. The highest BCUT2D eigenvalue weighted by atomic mass is 16.5. The van der Waals surface area contributed by atoms with Crippen molar-refractivity contribution in [3.63, 3.8) is 0 Å². The molecule has 0 aromatic heterocycles. The van der Waals surface area contributed by atoms with Crippen molar-refractivity contribution in [3.8, 4) is 11.5 Å². The lowest BCUT2D eigenvalue weighted by Crippen LogP contribution is -2.27. The van der Waals surface area contributed by atoms with Crippen LogP contribution in [0.1, 0.15) is 22.8 Å². The highest BCUT2D eigenvalue weighted by molar-refractivity contribution is 5.91. The first-order valence-electron chi connectivity index (χ1n) is 8.35. The highest BCUT2D eigenvalue weighted by Gasteiger charge is 2.13. The number of aryl methyl sites for hydroxylation is 1. The van der Waals surface area contributed by atoms with E-state index in [-0.39, 0.29) is 12.0 Å². The number of benzene rings is 2. The van der Waals surface area contributed by atoms with Gasteiger partial charge in [-0.05, 0) is 41.8 Å². The second-order valence-electron chi connectivity index (χ2n) is 5.77. The molecule has 1 N–H and O–H groups in total. The first-order valence-corrected chi connectivity index (χ1v) is 8.35. The van der Waals surface area contributed by atoms with Crippen molar-refractivity contribution in [1.29, 1.82) is 0 Å². The van der Waals surface area contributed by atoms with Crippen LogP contribution in [0.3, 0.4) is 0 Å². The molecule has 26 heavy (non-hydrogen) atoms. The molecule has 0 saturated heterocycles. The van der Waals surface area contributed by atoms with Crippen molar-refractivity contribution in [2.45, 2.75) is 13.0 Å². The molecular formula is C21H25NO4. The Labute approximate surface area is 154 Å². The van der Waals surface area contributed by atoms with E-state index in [0.717, 1.165) is 16.7 Å². The molecule has 2 rings (SSSR count). The molecule has 0 heterocycles. The number of carbonyl (C=O) groups excluding carboxylic acids is 1. The van der Waals surface area contributed by atoms with Crippen LogP contribution in [0, 0.1) is 6.92 Å². The Morgan fingerprint density at radius 2 is 1.81 bits per heavy atom. The molecule has 5 heteroatoms. The molecule has 1 atom stereocenters. The fourth-order valence-corrected chi connectivity index (χ4v) is 2.65. The molecule has 2 aromatic rings. The van der Waals surface area contributed by atoms with E-state index >= 15 is 0 Å². The number of rotatable bonds is 8. The SMILES string of the molecule is COc1ccc(/C=C/C(=O)NCC(OC)c2ccccc2C)cc1OC. The molecule has 1 unspecified atom stereocenters. The summed E-state index contributed by atoms with van der Waals surface area (Å²) in [6, 6.07) is 13.5. The van der Waals surface area contributed by atoms with Crippen LogP contribution in [0.2, 0.25) is 0 Å². The van der Waals surface area contributed by atoms with Crippen molar-refractivity contribution >= 4 is 12.0 Å². The van der Waals surface area contributed by atoms with Crippen molar-refractivity contribution in [1.82, 2.24) is 5.32 Å². The number of hydrogen-bond donors (Lipinski definition) is 1. The van der Waals surface area contributed by atoms with Crippen LogP contribution in [0.25, 0.3) is 6.08 Å². The van der Waals surface area contributed by atoms with Gasteiger partial charge in [0, 0.05) is 19.7 Å². The second-order valence-corrected chi connectivity index (χ2v) is 5.77. The van der Waals surface area contributed by atoms with Crippen molar-refractivity contribution < 1.29 is 19.0 Å². The summed E-state index contributed by atoms with van der Waals surface area (Å²) in [6.07, 6.45) is 3.04. The van der Waals surface area contributed by atoms with Crippen LogP contribution in [-0.2, 0) is 9.53 Å². The minimum absolute atomic E-state index is 0.185. The molecule has 0 saturated carbocycles. The Bertz CT molecular complexity index is 770. The fourth-order valence-electron chi connectivity index (χ4n) is 2.65. The lowest BCUT2D eigenvalue weighted by molar-refractivity contribution is -0.117. The maximum absolute atomic E-state index is 12.1. The van der Waals surface area contributed by atoms with Gasteiger partial charge in [0.05, 0.1) is 20.3 Å². The first-order chi connectivity index (χ1) is 12.6. The molecular weight excluding hydrogens is 330 g/mol. The smallest absolute Gasteiger partial charge is 0.244 e. The van der Waals surface area contributed by atoms with Gasteiger partial charge in [0.2, 0.25) is 5.91 Å². The average molecular weight is 355 g/mol. The van der Waals surface area contributed by atoms with Crippen molar-refractivity contribution in [3.05, 3.63) is 65.2 Å². The van der Waals surface area contributed by atoms with Gasteiger partial charge in [-0.15, -0.1) is 0 Å². The third-order valence-electron chi connectivity index (χ3n) is 4.12. The van der Waals surface area contributed by atoms with Crippen LogP contribution >= 0.6 is 0 Å². The molecule has 2 aromatic carbocycles. The molecule has 0 aliphatic rings. The summed E-state index contributed by atoms with van der Waals surface area (Å²) < 4.78 is 16.0. The van der Waals surface area contributed by atoms with Gasteiger partial charge in [-0.25, -0.2) is 0 Å². The van der Waals surface area contributed by atoms with Crippen LogP contribution in [-0.4, -0.2) is 33.8 Å². The Morgan fingerprint density at radius 3 is 2.46 bits per heavy atom. The molecule has 5 nitrogen and oxygen atoms in total. The zero-order valence-electron chi connectivity index (χ0n) is 15.6. The monoisotopic (exact) mass is 355 g/mol. The molecule has 1 amide bonds. The van der Waals surface area contributed by atoms with E-state index in [9.17, 15) is 4.79 Å².